The lowest BCUT2D eigenvalue weighted by atomic mass is 10.1. The van der Waals surface area contributed by atoms with Crippen molar-refractivity contribution in [1.29, 1.82) is 0 Å². The van der Waals surface area contributed by atoms with E-state index in [1.165, 1.54) is 18.2 Å². The Hall–Kier alpha value is -2.32. The Kier molecular flexibility index (Phi) is 3.86. The standard InChI is InChI=1S/C14H15N3O5/c18-13-10-2-1-3-11(17(20)21)12(10)14(19)16(13)5-4-15-6-8-22-9-7-15/h1-3H,4-9H2. The number of benzene rings is 1. The number of fused-ring (bicyclic) bond motifs is 1. The summed E-state index contributed by atoms with van der Waals surface area (Å²) < 4.78 is 5.24. The van der Waals surface area contributed by atoms with Crippen LogP contribution in [0.25, 0.3) is 0 Å². The van der Waals surface area contributed by atoms with Crippen LogP contribution in [0.1, 0.15) is 20.7 Å². The van der Waals surface area contributed by atoms with Crippen molar-refractivity contribution >= 4 is 17.5 Å². The molecular formula is C14H15N3O5. The molecule has 0 aromatic heterocycles. The van der Waals surface area contributed by atoms with Crippen LogP contribution in [0.3, 0.4) is 0 Å². The molecule has 0 bridgehead atoms. The molecule has 0 unspecified atom stereocenters. The third-order valence-electron chi connectivity index (χ3n) is 3.92. The molecule has 1 fully saturated rings. The highest BCUT2D eigenvalue weighted by atomic mass is 16.6. The van der Waals surface area contributed by atoms with Gasteiger partial charge in [-0.05, 0) is 6.07 Å². The van der Waals surface area contributed by atoms with E-state index in [0.29, 0.717) is 19.8 Å². The summed E-state index contributed by atoms with van der Waals surface area (Å²) in [5.41, 5.74) is -0.301. The lowest BCUT2D eigenvalue weighted by Gasteiger charge is -2.27. The average molecular weight is 305 g/mol. The highest BCUT2D eigenvalue weighted by molar-refractivity contribution is 6.23. The highest BCUT2D eigenvalue weighted by Gasteiger charge is 2.40. The Balaban J connectivity index is 1.78. The molecule has 3 rings (SSSR count). The summed E-state index contributed by atoms with van der Waals surface area (Å²) in [6, 6.07) is 4.13. The summed E-state index contributed by atoms with van der Waals surface area (Å²) in [7, 11) is 0. The lowest BCUT2D eigenvalue weighted by Crippen LogP contribution is -2.42. The number of amides is 2. The fraction of sp³-hybridized carbons (Fsp3) is 0.429. The first kappa shape index (κ1) is 14.6. The van der Waals surface area contributed by atoms with E-state index in [1.807, 2.05) is 0 Å². The van der Waals surface area contributed by atoms with Gasteiger partial charge < -0.3 is 4.74 Å². The van der Waals surface area contributed by atoms with Gasteiger partial charge >= 0.3 is 0 Å². The Morgan fingerprint density at radius 1 is 1.14 bits per heavy atom. The maximum atomic E-state index is 12.4. The second-order valence-electron chi connectivity index (χ2n) is 5.17. The van der Waals surface area contributed by atoms with Gasteiger partial charge in [0.05, 0.1) is 23.7 Å². The van der Waals surface area contributed by atoms with Crippen molar-refractivity contribution in [1.82, 2.24) is 9.80 Å². The van der Waals surface area contributed by atoms with E-state index < -0.39 is 16.7 Å². The Bertz CT molecular complexity index is 639. The van der Waals surface area contributed by atoms with Gasteiger partial charge in [-0.2, -0.15) is 0 Å². The van der Waals surface area contributed by atoms with Crippen molar-refractivity contribution in [2.24, 2.45) is 0 Å². The Morgan fingerprint density at radius 3 is 2.55 bits per heavy atom. The highest BCUT2D eigenvalue weighted by Crippen LogP contribution is 2.30. The average Bonchev–Trinajstić information content (AvgIpc) is 2.78. The van der Waals surface area contributed by atoms with E-state index >= 15 is 0 Å². The van der Waals surface area contributed by atoms with Crippen molar-refractivity contribution in [3.8, 4) is 0 Å². The topological polar surface area (TPSA) is 93.0 Å². The van der Waals surface area contributed by atoms with Gasteiger partial charge in [0.1, 0.15) is 5.56 Å². The number of nitrogens with zero attached hydrogens (tertiary/aromatic N) is 3. The minimum atomic E-state index is -0.629. The fourth-order valence-electron chi connectivity index (χ4n) is 2.74. The first-order chi connectivity index (χ1) is 10.6. The van der Waals surface area contributed by atoms with Crippen molar-refractivity contribution in [3.63, 3.8) is 0 Å². The zero-order valence-electron chi connectivity index (χ0n) is 11.9. The Labute approximate surface area is 126 Å². The van der Waals surface area contributed by atoms with Gasteiger partial charge in [0.25, 0.3) is 17.5 Å². The lowest BCUT2D eigenvalue weighted by molar-refractivity contribution is -0.385. The summed E-state index contributed by atoms with van der Waals surface area (Å²) in [6.07, 6.45) is 0. The molecule has 0 saturated carbocycles. The zero-order chi connectivity index (χ0) is 15.7. The first-order valence-electron chi connectivity index (χ1n) is 7.03. The molecule has 0 aliphatic carbocycles. The van der Waals surface area contributed by atoms with Crippen LogP contribution < -0.4 is 0 Å². The molecule has 2 aliphatic heterocycles. The number of carbonyl (C=O) groups is 2. The maximum absolute atomic E-state index is 12.4. The molecule has 0 atom stereocenters. The summed E-state index contributed by atoms with van der Waals surface area (Å²) in [5.74, 6) is -1.04. The van der Waals surface area contributed by atoms with Crippen LogP contribution in [0.15, 0.2) is 18.2 Å². The van der Waals surface area contributed by atoms with Gasteiger partial charge in [0.2, 0.25) is 0 Å². The molecule has 2 aliphatic rings. The van der Waals surface area contributed by atoms with Gasteiger partial charge in [-0.3, -0.25) is 29.5 Å². The van der Waals surface area contributed by atoms with Gasteiger partial charge in [-0.25, -0.2) is 0 Å². The van der Waals surface area contributed by atoms with Crippen molar-refractivity contribution in [2.75, 3.05) is 39.4 Å². The number of imide groups is 1. The number of hydrogen-bond acceptors (Lipinski definition) is 6. The number of carbonyl (C=O) groups excluding carboxylic acids is 2. The molecule has 2 amide bonds. The van der Waals surface area contributed by atoms with E-state index in [4.69, 9.17) is 4.74 Å². The van der Waals surface area contributed by atoms with Crippen molar-refractivity contribution < 1.29 is 19.2 Å². The minimum Gasteiger partial charge on any atom is -0.379 e. The third kappa shape index (κ3) is 2.46. The van der Waals surface area contributed by atoms with Crippen LogP contribution in [0.2, 0.25) is 0 Å². The minimum absolute atomic E-state index is 0.0977. The van der Waals surface area contributed by atoms with Gasteiger partial charge in [0, 0.05) is 32.2 Å². The van der Waals surface area contributed by atoms with Gasteiger partial charge in [0.15, 0.2) is 0 Å². The summed E-state index contributed by atoms with van der Waals surface area (Å²) >= 11 is 0. The largest absolute Gasteiger partial charge is 0.379 e. The quantitative estimate of drug-likeness (QED) is 0.457. The van der Waals surface area contributed by atoms with E-state index in [0.717, 1.165) is 18.0 Å². The maximum Gasteiger partial charge on any atom is 0.282 e. The number of ether oxygens (including phenoxy) is 1. The van der Waals surface area contributed by atoms with E-state index in [-0.39, 0.29) is 23.4 Å². The predicted octanol–water partition coefficient (Wildman–Crippen LogP) is 0.523. The van der Waals surface area contributed by atoms with Crippen molar-refractivity contribution in [3.05, 3.63) is 39.4 Å². The monoisotopic (exact) mass is 305 g/mol. The van der Waals surface area contributed by atoms with Crippen LogP contribution in [0, 0.1) is 10.1 Å². The van der Waals surface area contributed by atoms with Crippen LogP contribution in [-0.2, 0) is 4.74 Å². The van der Waals surface area contributed by atoms with Crippen LogP contribution in [0.4, 0.5) is 5.69 Å². The van der Waals surface area contributed by atoms with E-state index in [1.54, 1.807) is 0 Å². The van der Waals surface area contributed by atoms with Crippen LogP contribution in [-0.4, -0.2) is 65.9 Å². The van der Waals surface area contributed by atoms with Gasteiger partial charge in [-0.1, -0.05) is 6.07 Å². The van der Waals surface area contributed by atoms with Crippen LogP contribution in [0.5, 0.6) is 0 Å². The second-order valence-corrected chi connectivity index (χ2v) is 5.17. The van der Waals surface area contributed by atoms with Crippen molar-refractivity contribution in [2.45, 2.75) is 0 Å². The van der Waals surface area contributed by atoms with E-state index in [9.17, 15) is 19.7 Å². The molecule has 2 heterocycles. The number of nitro benzene ring substituents is 1. The normalized spacial score (nSPS) is 18.6. The van der Waals surface area contributed by atoms with Gasteiger partial charge in [-0.15, -0.1) is 0 Å². The third-order valence-corrected chi connectivity index (χ3v) is 3.92. The summed E-state index contributed by atoms with van der Waals surface area (Å²) in [4.78, 5) is 38.2. The summed E-state index contributed by atoms with van der Waals surface area (Å²) in [6.45, 7) is 3.54. The van der Waals surface area contributed by atoms with E-state index in [2.05, 4.69) is 4.90 Å². The molecule has 8 nitrogen and oxygen atoms in total. The summed E-state index contributed by atoms with van der Waals surface area (Å²) in [5, 5.41) is 11.0. The molecular weight excluding hydrogens is 290 g/mol. The SMILES string of the molecule is O=C1c2cccc([N+](=O)[O-])c2C(=O)N1CCN1CCOCC1. The number of hydrogen-bond donors (Lipinski definition) is 0. The Morgan fingerprint density at radius 2 is 1.86 bits per heavy atom. The fourth-order valence-corrected chi connectivity index (χ4v) is 2.74. The first-order valence-corrected chi connectivity index (χ1v) is 7.03. The molecule has 8 heteroatoms. The molecule has 0 spiro atoms. The number of morpholine rings is 1. The van der Waals surface area contributed by atoms with Crippen LogP contribution >= 0.6 is 0 Å². The zero-order valence-corrected chi connectivity index (χ0v) is 11.9. The predicted molar refractivity (Wildman–Crippen MR) is 75.7 cm³/mol. The molecule has 0 N–H and O–H groups in total. The molecule has 1 aromatic carbocycles. The molecule has 0 radical (unpaired) electrons. The molecule has 22 heavy (non-hydrogen) atoms. The smallest absolute Gasteiger partial charge is 0.282 e. The number of nitro groups is 1. The molecule has 116 valence electrons. The molecule has 1 aromatic rings. The second kappa shape index (κ2) is 5.82. The molecule has 1 saturated heterocycles. The number of rotatable bonds is 4.